The zero-order chi connectivity index (χ0) is 16.8. The van der Waals surface area contributed by atoms with Crippen LogP contribution in [0.3, 0.4) is 0 Å². The summed E-state index contributed by atoms with van der Waals surface area (Å²) in [4.78, 5) is 12.6. The molecule has 0 aliphatic rings. The Hall–Kier alpha value is -2.65. The number of hydrogen-bond acceptors (Lipinski definition) is 2. The van der Waals surface area contributed by atoms with Crippen molar-refractivity contribution >= 4 is 16.7 Å². The van der Waals surface area contributed by atoms with Gasteiger partial charge in [0.2, 0.25) is 0 Å². The highest BCUT2D eigenvalue weighted by atomic mass is 16.3. The summed E-state index contributed by atoms with van der Waals surface area (Å²) in [6.45, 7) is 0.607. The topological polar surface area (TPSA) is 49.3 Å². The third-order valence-electron chi connectivity index (χ3n) is 4.29. The molecule has 0 saturated carbocycles. The molecular weight excluding hydrogens is 298 g/mol. The van der Waals surface area contributed by atoms with Gasteiger partial charge in [0.1, 0.15) is 0 Å². The number of hydrogen-bond donors (Lipinski definition) is 2. The molecule has 3 nitrogen and oxygen atoms in total. The highest BCUT2D eigenvalue weighted by molar-refractivity contribution is 6.07. The zero-order valence-electron chi connectivity index (χ0n) is 13.5. The number of aliphatic hydroxyl groups is 1. The zero-order valence-corrected chi connectivity index (χ0v) is 13.5. The average molecular weight is 319 g/mol. The number of carbonyl (C=O) groups is 1. The fraction of sp³-hybridized carbons (Fsp3) is 0.190. The summed E-state index contributed by atoms with van der Waals surface area (Å²) in [5, 5.41) is 14.3. The Morgan fingerprint density at radius 2 is 1.62 bits per heavy atom. The van der Waals surface area contributed by atoms with Crippen LogP contribution in [-0.4, -0.2) is 24.2 Å². The second-order valence-electron chi connectivity index (χ2n) is 5.86. The minimum Gasteiger partial charge on any atom is -0.396 e. The molecule has 0 fully saturated rings. The molecule has 1 atom stereocenters. The Morgan fingerprint density at radius 3 is 2.42 bits per heavy atom. The molecule has 1 amide bonds. The summed E-state index contributed by atoms with van der Waals surface area (Å²) in [5.41, 5.74) is 1.81. The van der Waals surface area contributed by atoms with E-state index in [-0.39, 0.29) is 18.4 Å². The van der Waals surface area contributed by atoms with Crippen molar-refractivity contribution in [1.29, 1.82) is 0 Å². The minimum atomic E-state index is -0.0781. The van der Waals surface area contributed by atoms with Crippen LogP contribution >= 0.6 is 0 Å². The Bertz CT molecular complexity index is 809. The van der Waals surface area contributed by atoms with E-state index < -0.39 is 0 Å². The van der Waals surface area contributed by atoms with Crippen LogP contribution in [0, 0.1) is 0 Å². The molecule has 0 spiro atoms. The monoisotopic (exact) mass is 319 g/mol. The van der Waals surface area contributed by atoms with Gasteiger partial charge in [-0.3, -0.25) is 4.79 Å². The van der Waals surface area contributed by atoms with Gasteiger partial charge in [0.15, 0.2) is 0 Å². The molecule has 2 N–H and O–H groups in total. The van der Waals surface area contributed by atoms with Crippen molar-refractivity contribution in [2.24, 2.45) is 0 Å². The van der Waals surface area contributed by atoms with Gasteiger partial charge in [-0.25, -0.2) is 0 Å². The fourth-order valence-corrected chi connectivity index (χ4v) is 3.00. The molecule has 1 unspecified atom stereocenters. The van der Waals surface area contributed by atoms with Gasteiger partial charge in [-0.1, -0.05) is 66.7 Å². The van der Waals surface area contributed by atoms with E-state index in [1.165, 1.54) is 0 Å². The summed E-state index contributed by atoms with van der Waals surface area (Å²) in [6.07, 6.45) is 0.625. The first-order valence-electron chi connectivity index (χ1n) is 8.21. The molecule has 3 aromatic carbocycles. The lowest BCUT2D eigenvalue weighted by atomic mass is 9.95. The van der Waals surface area contributed by atoms with Gasteiger partial charge in [-0.15, -0.1) is 0 Å². The standard InChI is InChI=1S/C21H21NO2/c23-14-13-18(16-7-2-1-3-8-16)15-22-21(24)20-12-6-10-17-9-4-5-11-19(17)20/h1-12,18,23H,13-15H2,(H,22,24). The van der Waals surface area contributed by atoms with E-state index in [0.717, 1.165) is 16.3 Å². The van der Waals surface area contributed by atoms with E-state index in [1.807, 2.05) is 72.8 Å². The highest BCUT2D eigenvalue weighted by Gasteiger charge is 2.14. The normalized spacial score (nSPS) is 12.0. The van der Waals surface area contributed by atoms with E-state index in [9.17, 15) is 9.90 Å². The Kier molecular flexibility index (Phi) is 5.24. The Labute approximate surface area is 142 Å². The summed E-state index contributed by atoms with van der Waals surface area (Å²) in [6, 6.07) is 23.6. The molecule has 0 saturated heterocycles. The second kappa shape index (κ2) is 7.75. The second-order valence-corrected chi connectivity index (χ2v) is 5.86. The number of nitrogens with one attached hydrogen (secondary N) is 1. The van der Waals surface area contributed by atoms with Crippen LogP contribution in [0.15, 0.2) is 72.8 Å². The van der Waals surface area contributed by atoms with E-state index in [4.69, 9.17) is 0 Å². The fourth-order valence-electron chi connectivity index (χ4n) is 3.00. The number of aliphatic hydroxyl groups excluding tert-OH is 1. The van der Waals surface area contributed by atoms with Crippen molar-refractivity contribution in [2.45, 2.75) is 12.3 Å². The first-order valence-corrected chi connectivity index (χ1v) is 8.21. The quantitative estimate of drug-likeness (QED) is 0.727. The molecule has 24 heavy (non-hydrogen) atoms. The first kappa shape index (κ1) is 16.2. The van der Waals surface area contributed by atoms with Crippen LogP contribution in [0.1, 0.15) is 28.3 Å². The third kappa shape index (κ3) is 3.63. The third-order valence-corrected chi connectivity index (χ3v) is 4.29. The van der Waals surface area contributed by atoms with Crippen LogP contribution in [0.4, 0.5) is 0 Å². The van der Waals surface area contributed by atoms with E-state index in [0.29, 0.717) is 18.5 Å². The van der Waals surface area contributed by atoms with Gasteiger partial charge in [-0.05, 0) is 28.8 Å². The number of carbonyl (C=O) groups excluding carboxylic acids is 1. The predicted molar refractivity (Wildman–Crippen MR) is 97.2 cm³/mol. The van der Waals surface area contributed by atoms with Crippen LogP contribution in [0.25, 0.3) is 10.8 Å². The molecule has 0 aliphatic carbocycles. The number of benzene rings is 3. The Morgan fingerprint density at radius 1 is 0.917 bits per heavy atom. The van der Waals surface area contributed by atoms with Crippen molar-refractivity contribution in [3.8, 4) is 0 Å². The van der Waals surface area contributed by atoms with Gasteiger partial charge >= 0.3 is 0 Å². The molecule has 0 heterocycles. The van der Waals surface area contributed by atoms with Gasteiger partial charge in [0, 0.05) is 24.6 Å². The van der Waals surface area contributed by atoms with Crippen LogP contribution in [-0.2, 0) is 0 Å². The smallest absolute Gasteiger partial charge is 0.251 e. The maximum absolute atomic E-state index is 12.6. The Balaban J connectivity index is 1.76. The number of amides is 1. The summed E-state index contributed by atoms with van der Waals surface area (Å²) < 4.78 is 0. The van der Waals surface area contributed by atoms with Gasteiger partial charge in [0.05, 0.1) is 0 Å². The average Bonchev–Trinajstić information content (AvgIpc) is 2.65. The molecule has 3 rings (SSSR count). The largest absolute Gasteiger partial charge is 0.396 e. The van der Waals surface area contributed by atoms with Crippen molar-refractivity contribution in [3.05, 3.63) is 83.9 Å². The van der Waals surface area contributed by atoms with E-state index in [2.05, 4.69) is 5.32 Å². The first-order chi connectivity index (χ1) is 11.8. The maximum atomic E-state index is 12.6. The summed E-state index contributed by atoms with van der Waals surface area (Å²) in [7, 11) is 0. The SMILES string of the molecule is O=C(NCC(CCO)c1ccccc1)c1cccc2ccccc12. The van der Waals surface area contributed by atoms with Crippen molar-refractivity contribution < 1.29 is 9.90 Å². The summed E-state index contributed by atoms with van der Waals surface area (Å²) >= 11 is 0. The maximum Gasteiger partial charge on any atom is 0.251 e. The lowest BCUT2D eigenvalue weighted by molar-refractivity contribution is 0.0951. The van der Waals surface area contributed by atoms with Crippen molar-refractivity contribution in [1.82, 2.24) is 5.32 Å². The number of fused-ring (bicyclic) bond motifs is 1. The lowest BCUT2D eigenvalue weighted by Gasteiger charge is -2.17. The summed E-state index contributed by atoms with van der Waals surface area (Å²) in [5.74, 6) is 0.0285. The van der Waals surface area contributed by atoms with E-state index >= 15 is 0 Å². The van der Waals surface area contributed by atoms with Crippen molar-refractivity contribution in [2.75, 3.05) is 13.2 Å². The van der Waals surface area contributed by atoms with Gasteiger partial charge in [0.25, 0.3) is 5.91 Å². The van der Waals surface area contributed by atoms with Crippen LogP contribution in [0.2, 0.25) is 0 Å². The minimum absolute atomic E-state index is 0.0781. The highest BCUT2D eigenvalue weighted by Crippen LogP contribution is 2.20. The molecule has 3 aromatic rings. The predicted octanol–water partition coefficient (Wildman–Crippen LogP) is 3.74. The molecule has 122 valence electrons. The van der Waals surface area contributed by atoms with Gasteiger partial charge < -0.3 is 10.4 Å². The van der Waals surface area contributed by atoms with Gasteiger partial charge in [-0.2, -0.15) is 0 Å². The molecule has 0 aromatic heterocycles. The van der Waals surface area contributed by atoms with Crippen LogP contribution < -0.4 is 5.32 Å². The molecule has 3 heteroatoms. The molecular formula is C21H21NO2. The number of rotatable bonds is 6. The van der Waals surface area contributed by atoms with Crippen LogP contribution in [0.5, 0.6) is 0 Å². The van der Waals surface area contributed by atoms with E-state index in [1.54, 1.807) is 0 Å². The van der Waals surface area contributed by atoms with Crippen molar-refractivity contribution in [3.63, 3.8) is 0 Å². The molecule has 0 radical (unpaired) electrons. The molecule has 0 aliphatic heterocycles. The molecule has 0 bridgehead atoms. The lowest BCUT2D eigenvalue weighted by Crippen LogP contribution is -2.29.